The van der Waals surface area contributed by atoms with Crippen molar-refractivity contribution in [3.63, 3.8) is 0 Å². The third kappa shape index (κ3) is 2.84. The highest BCUT2D eigenvalue weighted by molar-refractivity contribution is 5.73. The number of nitriles is 1. The molecule has 1 aliphatic heterocycles. The summed E-state index contributed by atoms with van der Waals surface area (Å²) in [7, 11) is 0. The number of aryl methyl sites for hydroxylation is 2. The Morgan fingerprint density at radius 2 is 1.86 bits per heavy atom. The van der Waals surface area contributed by atoms with Crippen molar-refractivity contribution in [3.8, 4) is 17.6 Å². The van der Waals surface area contributed by atoms with Crippen LogP contribution in [0.25, 0.3) is 11.5 Å². The molecule has 4 aromatic rings. The average molecular weight is 382 g/mol. The van der Waals surface area contributed by atoms with E-state index in [0.717, 1.165) is 47.0 Å². The molecule has 0 radical (unpaired) electrons. The summed E-state index contributed by atoms with van der Waals surface area (Å²) in [6, 6.07) is 11.9. The van der Waals surface area contributed by atoms with Crippen molar-refractivity contribution in [2.45, 2.75) is 20.3 Å². The molecule has 1 aromatic carbocycles. The third-order valence-corrected chi connectivity index (χ3v) is 5.11. The van der Waals surface area contributed by atoms with Gasteiger partial charge in [-0.3, -0.25) is 0 Å². The maximum atomic E-state index is 9.15. The molecule has 0 saturated heterocycles. The minimum absolute atomic E-state index is 0.663. The zero-order valence-corrected chi connectivity index (χ0v) is 16.1. The van der Waals surface area contributed by atoms with Crippen molar-refractivity contribution in [1.82, 2.24) is 29.8 Å². The van der Waals surface area contributed by atoms with Gasteiger partial charge in [0, 0.05) is 35.8 Å². The number of hydrogen-bond acceptors (Lipinski definition) is 6. The van der Waals surface area contributed by atoms with Crippen LogP contribution in [0.3, 0.4) is 0 Å². The van der Waals surface area contributed by atoms with Crippen LogP contribution in [0.15, 0.2) is 48.9 Å². The van der Waals surface area contributed by atoms with Gasteiger partial charge in [0.15, 0.2) is 5.82 Å². The van der Waals surface area contributed by atoms with Gasteiger partial charge < -0.3 is 4.90 Å². The lowest BCUT2D eigenvalue weighted by Crippen LogP contribution is -2.16. The fraction of sp³-hybridized carbons (Fsp3) is 0.190. The number of pyridine rings is 1. The second-order valence-corrected chi connectivity index (χ2v) is 7.04. The lowest BCUT2D eigenvalue weighted by Gasteiger charge is -2.21. The van der Waals surface area contributed by atoms with E-state index < -0.39 is 0 Å². The fourth-order valence-corrected chi connectivity index (χ4v) is 3.81. The molecule has 0 unspecified atom stereocenters. The number of rotatable bonds is 3. The first-order valence-electron chi connectivity index (χ1n) is 9.35. The Bertz CT molecular complexity index is 1250. The van der Waals surface area contributed by atoms with Gasteiger partial charge in [-0.15, -0.1) is 9.90 Å². The van der Waals surface area contributed by atoms with Crippen LogP contribution in [0.2, 0.25) is 0 Å². The molecule has 142 valence electrons. The van der Waals surface area contributed by atoms with Gasteiger partial charge in [-0.1, -0.05) is 0 Å². The second-order valence-electron chi connectivity index (χ2n) is 7.04. The van der Waals surface area contributed by atoms with Crippen molar-refractivity contribution in [2.24, 2.45) is 0 Å². The molecule has 4 heterocycles. The van der Waals surface area contributed by atoms with Crippen molar-refractivity contribution in [3.05, 3.63) is 71.3 Å². The summed E-state index contributed by atoms with van der Waals surface area (Å²) in [5.74, 6) is 1.61. The van der Waals surface area contributed by atoms with Crippen LogP contribution in [-0.4, -0.2) is 36.3 Å². The number of nitrogens with zero attached hydrogens (tertiary/aromatic N) is 8. The highest BCUT2D eigenvalue weighted by Gasteiger charge is 2.27. The minimum atomic E-state index is 0.663. The number of benzene rings is 1. The van der Waals surface area contributed by atoms with E-state index >= 15 is 0 Å². The smallest absolute Gasteiger partial charge is 0.196 e. The highest BCUT2D eigenvalue weighted by Crippen LogP contribution is 2.38. The third-order valence-electron chi connectivity index (χ3n) is 5.11. The summed E-state index contributed by atoms with van der Waals surface area (Å²) in [6.45, 7) is 4.85. The van der Waals surface area contributed by atoms with E-state index in [1.54, 1.807) is 12.4 Å². The molecule has 0 bridgehead atoms. The van der Waals surface area contributed by atoms with Gasteiger partial charge in [0.2, 0.25) is 0 Å². The molecule has 3 aromatic heterocycles. The Hall–Kier alpha value is -3.99. The van der Waals surface area contributed by atoms with Crippen LogP contribution in [0.4, 0.5) is 11.5 Å². The SMILES string of the molecule is Cc1cc(-n2ccc(-n3nccn3)n2)c2c(n1)N(c1ccc(C#N)cc1C)CC2. The molecule has 0 atom stereocenters. The molecule has 8 heteroatoms. The van der Waals surface area contributed by atoms with E-state index in [1.165, 1.54) is 4.80 Å². The minimum Gasteiger partial charge on any atom is -0.325 e. The maximum absolute atomic E-state index is 9.15. The van der Waals surface area contributed by atoms with Crippen LogP contribution in [0.1, 0.15) is 22.4 Å². The van der Waals surface area contributed by atoms with Crippen LogP contribution in [-0.2, 0) is 6.42 Å². The number of hydrogen-bond donors (Lipinski definition) is 0. The Labute approximate surface area is 167 Å². The second kappa shape index (κ2) is 6.56. The van der Waals surface area contributed by atoms with Gasteiger partial charge in [-0.2, -0.15) is 15.5 Å². The Morgan fingerprint density at radius 3 is 2.62 bits per heavy atom. The molecule has 29 heavy (non-hydrogen) atoms. The van der Waals surface area contributed by atoms with Crippen molar-refractivity contribution in [2.75, 3.05) is 11.4 Å². The van der Waals surface area contributed by atoms with E-state index in [0.29, 0.717) is 11.4 Å². The van der Waals surface area contributed by atoms with Gasteiger partial charge in [0.25, 0.3) is 0 Å². The summed E-state index contributed by atoms with van der Waals surface area (Å²) < 4.78 is 1.86. The molecule has 5 rings (SSSR count). The molecular weight excluding hydrogens is 364 g/mol. The predicted octanol–water partition coefficient (Wildman–Crippen LogP) is 3.03. The molecule has 0 spiro atoms. The summed E-state index contributed by atoms with van der Waals surface area (Å²) in [4.78, 5) is 8.55. The molecule has 1 aliphatic rings. The van der Waals surface area contributed by atoms with Crippen molar-refractivity contribution in [1.29, 1.82) is 5.26 Å². The highest BCUT2D eigenvalue weighted by atomic mass is 15.5. The Balaban J connectivity index is 1.58. The Kier molecular flexibility index (Phi) is 3.88. The van der Waals surface area contributed by atoms with E-state index in [1.807, 2.05) is 49.0 Å². The van der Waals surface area contributed by atoms with Gasteiger partial charge in [-0.25, -0.2) is 9.67 Å². The number of fused-ring (bicyclic) bond motifs is 1. The van der Waals surface area contributed by atoms with Gasteiger partial charge in [0.05, 0.1) is 29.7 Å². The molecule has 0 fully saturated rings. The molecular formula is C21H18N8. The van der Waals surface area contributed by atoms with Crippen LogP contribution >= 0.6 is 0 Å². The Morgan fingerprint density at radius 1 is 1.03 bits per heavy atom. The largest absolute Gasteiger partial charge is 0.325 e. The lowest BCUT2D eigenvalue weighted by molar-refractivity contribution is 0.708. The van der Waals surface area contributed by atoms with Crippen LogP contribution in [0, 0.1) is 25.2 Å². The standard InChI is InChI=1S/C21H18N8/c1-14-11-16(13-22)3-4-18(14)27-9-5-17-19(12-15(2)25-21(17)27)28-10-6-20(26-28)29-23-7-8-24-29/h3-4,6-8,10-12H,5,9H2,1-2H3. The zero-order valence-electron chi connectivity index (χ0n) is 16.1. The first-order valence-corrected chi connectivity index (χ1v) is 9.35. The van der Waals surface area contributed by atoms with Gasteiger partial charge >= 0.3 is 0 Å². The summed E-state index contributed by atoms with van der Waals surface area (Å²) in [5.41, 5.74) is 5.90. The maximum Gasteiger partial charge on any atom is 0.196 e. The van der Waals surface area contributed by atoms with E-state index in [4.69, 9.17) is 10.2 Å². The fourth-order valence-electron chi connectivity index (χ4n) is 3.81. The summed E-state index contributed by atoms with van der Waals surface area (Å²) in [6.07, 6.45) is 6.05. The lowest BCUT2D eigenvalue weighted by atomic mass is 10.1. The zero-order chi connectivity index (χ0) is 20.0. The van der Waals surface area contributed by atoms with Gasteiger partial charge in [-0.05, 0) is 50.1 Å². The van der Waals surface area contributed by atoms with Crippen LogP contribution in [0.5, 0.6) is 0 Å². The van der Waals surface area contributed by atoms with Crippen LogP contribution < -0.4 is 4.90 Å². The normalized spacial score (nSPS) is 12.8. The van der Waals surface area contributed by atoms with Crippen molar-refractivity contribution >= 4 is 11.5 Å². The monoisotopic (exact) mass is 382 g/mol. The summed E-state index contributed by atoms with van der Waals surface area (Å²) in [5, 5.41) is 22.1. The molecule has 0 aliphatic carbocycles. The van der Waals surface area contributed by atoms with Gasteiger partial charge in [0.1, 0.15) is 5.82 Å². The molecule has 0 amide bonds. The topological polar surface area (TPSA) is 88.4 Å². The van der Waals surface area contributed by atoms with E-state index in [2.05, 4.69) is 32.3 Å². The summed E-state index contributed by atoms with van der Waals surface area (Å²) >= 11 is 0. The first-order chi connectivity index (χ1) is 14.1. The molecule has 0 N–H and O–H groups in total. The molecule has 0 saturated carbocycles. The predicted molar refractivity (Wildman–Crippen MR) is 108 cm³/mol. The number of aromatic nitrogens is 6. The molecule has 8 nitrogen and oxygen atoms in total. The van der Waals surface area contributed by atoms with E-state index in [9.17, 15) is 0 Å². The first kappa shape index (κ1) is 17.1. The van der Waals surface area contributed by atoms with E-state index in [-0.39, 0.29) is 0 Å². The average Bonchev–Trinajstić information content (AvgIpc) is 3.47. The van der Waals surface area contributed by atoms with Crippen molar-refractivity contribution < 1.29 is 0 Å². The number of anilines is 2. The quantitative estimate of drug-likeness (QED) is 0.541.